The SMILES string of the molecule is CN(C)CCOCCNC(=O)c1cc(Cl)cc(Br)c1. The van der Waals surface area contributed by atoms with E-state index < -0.39 is 0 Å². The zero-order chi connectivity index (χ0) is 14.3. The first-order chi connectivity index (χ1) is 8.99. The van der Waals surface area contributed by atoms with Crippen LogP contribution in [0.25, 0.3) is 0 Å². The minimum Gasteiger partial charge on any atom is -0.378 e. The second kappa shape index (κ2) is 8.53. The van der Waals surface area contributed by atoms with Crippen LogP contribution in [0.2, 0.25) is 5.02 Å². The quantitative estimate of drug-likeness (QED) is 0.769. The van der Waals surface area contributed by atoms with Crippen LogP contribution < -0.4 is 5.32 Å². The lowest BCUT2D eigenvalue weighted by Gasteiger charge is -2.10. The molecule has 0 saturated carbocycles. The van der Waals surface area contributed by atoms with E-state index in [0.29, 0.717) is 30.3 Å². The molecule has 0 fully saturated rings. The highest BCUT2D eigenvalue weighted by Crippen LogP contribution is 2.19. The van der Waals surface area contributed by atoms with Gasteiger partial charge >= 0.3 is 0 Å². The molecule has 0 radical (unpaired) electrons. The van der Waals surface area contributed by atoms with E-state index >= 15 is 0 Å². The molecule has 0 saturated heterocycles. The van der Waals surface area contributed by atoms with Crippen molar-refractivity contribution in [1.82, 2.24) is 10.2 Å². The summed E-state index contributed by atoms with van der Waals surface area (Å²) in [5.41, 5.74) is 0.535. The van der Waals surface area contributed by atoms with Crippen LogP contribution in [0.5, 0.6) is 0 Å². The largest absolute Gasteiger partial charge is 0.378 e. The van der Waals surface area contributed by atoms with Crippen molar-refractivity contribution >= 4 is 33.4 Å². The van der Waals surface area contributed by atoms with E-state index in [4.69, 9.17) is 16.3 Å². The average molecular weight is 350 g/mol. The number of carbonyl (C=O) groups is 1. The molecular weight excluding hydrogens is 332 g/mol. The Labute approximate surface area is 127 Å². The third-order valence-electron chi connectivity index (χ3n) is 2.34. The Morgan fingerprint density at radius 1 is 1.37 bits per heavy atom. The van der Waals surface area contributed by atoms with Crippen LogP contribution in [0.4, 0.5) is 0 Å². The van der Waals surface area contributed by atoms with Gasteiger partial charge in [0.25, 0.3) is 5.91 Å². The van der Waals surface area contributed by atoms with Crippen LogP contribution in [-0.2, 0) is 4.74 Å². The summed E-state index contributed by atoms with van der Waals surface area (Å²) in [5, 5.41) is 3.31. The van der Waals surface area contributed by atoms with E-state index in [9.17, 15) is 4.79 Å². The Morgan fingerprint density at radius 3 is 2.74 bits per heavy atom. The lowest BCUT2D eigenvalue weighted by atomic mass is 10.2. The van der Waals surface area contributed by atoms with E-state index in [0.717, 1.165) is 11.0 Å². The number of rotatable bonds is 7. The minimum absolute atomic E-state index is 0.153. The smallest absolute Gasteiger partial charge is 0.251 e. The van der Waals surface area contributed by atoms with Gasteiger partial charge in [0.15, 0.2) is 0 Å². The van der Waals surface area contributed by atoms with Crippen molar-refractivity contribution in [3.05, 3.63) is 33.3 Å². The van der Waals surface area contributed by atoms with E-state index in [1.165, 1.54) is 0 Å². The number of nitrogens with zero attached hydrogens (tertiary/aromatic N) is 1. The van der Waals surface area contributed by atoms with Crippen LogP contribution >= 0.6 is 27.5 Å². The van der Waals surface area contributed by atoms with E-state index in [-0.39, 0.29) is 5.91 Å². The van der Waals surface area contributed by atoms with E-state index in [1.54, 1.807) is 18.2 Å². The molecule has 19 heavy (non-hydrogen) atoms. The second-order valence-electron chi connectivity index (χ2n) is 4.33. The van der Waals surface area contributed by atoms with Crippen LogP contribution in [0.1, 0.15) is 10.4 Å². The summed E-state index contributed by atoms with van der Waals surface area (Å²) in [6.45, 7) is 2.51. The molecular formula is C13H18BrClN2O2. The number of hydrogen-bond donors (Lipinski definition) is 1. The fourth-order valence-corrected chi connectivity index (χ4v) is 2.23. The third-order valence-corrected chi connectivity index (χ3v) is 3.02. The maximum atomic E-state index is 11.8. The van der Waals surface area contributed by atoms with Crippen LogP contribution in [0.15, 0.2) is 22.7 Å². The van der Waals surface area contributed by atoms with Crippen molar-refractivity contribution in [2.75, 3.05) is 40.4 Å². The number of amides is 1. The Morgan fingerprint density at radius 2 is 2.11 bits per heavy atom. The predicted molar refractivity (Wildman–Crippen MR) is 80.9 cm³/mol. The summed E-state index contributed by atoms with van der Waals surface area (Å²) >= 11 is 9.19. The van der Waals surface area contributed by atoms with Crippen molar-refractivity contribution in [3.63, 3.8) is 0 Å². The zero-order valence-corrected chi connectivity index (χ0v) is 13.4. The van der Waals surface area contributed by atoms with Gasteiger partial charge in [-0.15, -0.1) is 0 Å². The van der Waals surface area contributed by atoms with Gasteiger partial charge < -0.3 is 15.0 Å². The Bertz CT molecular complexity index is 407. The summed E-state index contributed by atoms with van der Waals surface area (Å²) in [4.78, 5) is 13.9. The summed E-state index contributed by atoms with van der Waals surface area (Å²) in [6.07, 6.45) is 0. The Hall–Kier alpha value is -0.620. The molecule has 0 atom stereocenters. The van der Waals surface area contributed by atoms with Crippen molar-refractivity contribution in [1.29, 1.82) is 0 Å². The van der Waals surface area contributed by atoms with Crippen molar-refractivity contribution in [2.45, 2.75) is 0 Å². The highest BCUT2D eigenvalue weighted by molar-refractivity contribution is 9.10. The van der Waals surface area contributed by atoms with Gasteiger partial charge in [-0.1, -0.05) is 27.5 Å². The number of benzene rings is 1. The standard InChI is InChI=1S/C13H18BrClN2O2/c1-17(2)4-6-19-5-3-16-13(18)10-7-11(14)9-12(15)8-10/h7-9H,3-6H2,1-2H3,(H,16,18). The maximum Gasteiger partial charge on any atom is 0.251 e. The molecule has 0 aliphatic carbocycles. The highest BCUT2D eigenvalue weighted by atomic mass is 79.9. The molecule has 1 N–H and O–H groups in total. The predicted octanol–water partition coefficient (Wildman–Crippen LogP) is 2.41. The summed E-state index contributed by atoms with van der Waals surface area (Å²) < 4.78 is 6.17. The molecule has 6 heteroatoms. The van der Waals surface area contributed by atoms with Gasteiger partial charge in [0.2, 0.25) is 0 Å². The monoisotopic (exact) mass is 348 g/mol. The normalized spacial score (nSPS) is 10.8. The third kappa shape index (κ3) is 6.92. The van der Waals surface area contributed by atoms with Crippen LogP contribution in [0.3, 0.4) is 0 Å². The van der Waals surface area contributed by atoms with Gasteiger partial charge in [0, 0.05) is 28.1 Å². The maximum absolute atomic E-state index is 11.8. The first-order valence-corrected chi connectivity index (χ1v) is 7.13. The molecule has 0 aliphatic heterocycles. The van der Waals surface area contributed by atoms with Gasteiger partial charge in [-0.3, -0.25) is 4.79 Å². The van der Waals surface area contributed by atoms with Crippen LogP contribution in [0, 0.1) is 0 Å². The molecule has 0 unspecified atom stereocenters. The number of ether oxygens (including phenoxy) is 1. The van der Waals surface area contributed by atoms with Crippen molar-refractivity contribution < 1.29 is 9.53 Å². The lowest BCUT2D eigenvalue weighted by molar-refractivity contribution is 0.0900. The molecule has 0 bridgehead atoms. The number of hydrogen-bond acceptors (Lipinski definition) is 3. The van der Waals surface area contributed by atoms with Gasteiger partial charge in [-0.05, 0) is 32.3 Å². The topological polar surface area (TPSA) is 41.6 Å². The van der Waals surface area contributed by atoms with Crippen molar-refractivity contribution in [2.24, 2.45) is 0 Å². The van der Waals surface area contributed by atoms with Crippen molar-refractivity contribution in [3.8, 4) is 0 Å². The molecule has 0 spiro atoms. The van der Waals surface area contributed by atoms with Gasteiger partial charge in [0.1, 0.15) is 0 Å². The summed E-state index contributed by atoms with van der Waals surface area (Å²) in [6, 6.07) is 5.10. The Balaban J connectivity index is 2.27. The van der Waals surface area contributed by atoms with Gasteiger partial charge in [-0.2, -0.15) is 0 Å². The highest BCUT2D eigenvalue weighted by Gasteiger charge is 2.06. The fraction of sp³-hybridized carbons (Fsp3) is 0.462. The van der Waals surface area contributed by atoms with E-state index in [2.05, 4.69) is 21.2 Å². The first kappa shape index (κ1) is 16.4. The summed E-state index contributed by atoms with van der Waals surface area (Å²) in [5.74, 6) is -0.153. The van der Waals surface area contributed by atoms with Crippen LogP contribution in [-0.4, -0.2) is 51.2 Å². The van der Waals surface area contributed by atoms with Gasteiger partial charge in [-0.25, -0.2) is 0 Å². The minimum atomic E-state index is -0.153. The molecule has 0 heterocycles. The number of likely N-dealkylation sites (N-methyl/N-ethyl adjacent to an activating group) is 1. The van der Waals surface area contributed by atoms with E-state index in [1.807, 2.05) is 19.0 Å². The second-order valence-corrected chi connectivity index (χ2v) is 5.68. The molecule has 106 valence electrons. The lowest BCUT2D eigenvalue weighted by Crippen LogP contribution is -2.28. The molecule has 0 aliphatic rings. The molecule has 1 rings (SSSR count). The Kier molecular flexibility index (Phi) is 7.38. The number of nitrogens with one attached hydrogen (secondary N) is 1. The molecule has 4 nitrogen and oxygen atoms in total. The fourth-order valence-electron chi connectivity index (χ4n) is 1.37. The zero-order valence-electron chi connectivity index (χ0n) is 11.1. The molecule has 0 aromatic heterocycles. The average Bonchev–Trinajstić information content (AvgIpc) is 2.31. The number of carbonyl (C=O) groups excluding carboxylic acids is 1. The van der Waals surface area contributed by atoms with Gasteiger partial charge in [0.05, 0.1) is 13.2 Å². The molecule has 1 amide bonds. The molecule has 1 aromatic rings. The summed E-state index contributed by atoms with van der Waals surface area (Å²) in [7, 11) is 3.98. The number of halogens is 2. The first-order valence-electron chi connectivity index (χ1n) is 5.96. The molecule has 1 aromatic carbocycles.